The number of carbonyl (C=O) groups excluding carboxylic acids is 2. The van der Waals surface area contributed by atoms with Gasteiger partial charge in [0.2, 0.25) is 5.91 Å². The van der Waals surface area contributed by atoms with Crippen LogP contribution in [-0.2, 0) is 4.79 Å². The number of rotatable bonds is 3. The number of piperazine rings is 1. The molecule has 6 nitrogen and oxygen atoms in total. The SMILES string of the molecule is CCNC(=O)C1CNCCN1C(=O)c1cncc(Br)c1. The number of nitrogens with one attached hydrogen (secondary N) is 2. The molecule has 1 unspecified atom stereocenters. The van der Waals surface area contributed by atoms with Crippen LogP contribution in [0.25, 0.3) is 0 Å². The number of carbonyl (C=O) groups is 2. The van der Waals surface area contributed by atoms with Crippen LogP contribution in [0, 0.1) is 0 Å². The van der Waals surface area contributed by atoms with Crippen molar-refractivity contribution < 1.29 is 9.59 Å². The van der Waals surface area contributed by atoms with E-state index >= 15 is 0 Å². The molecule has 1 aromatic rings. The van der Waals surface area contributed by atoms with Crippen LogP contribution < -0.4 is 10.6 Å². The zero-order valence-electron chi connectivity index (χ0n) is 11.2. The van der Waals surface area contributed by atoms with Crippen molar-refractivity contribution >= 4 is 27.7 Å². The van der Waals surface area contributed by atoms with E-state index in [9.17, 15) is 9.59 Å². The van der Waals surface area contributed by atoms with E-state index in [1.54, 1.807) is 17.2 Å². The van der Waals surface area contributed by atoms with Gasteiger partial charge in [-0.25, -0.2) is 0 Å². The van der Waals surface area contributed by atoms with Crippen molar-refractivity contribution in [2.24, 2.45) is 0 Å². The van der Waals surface area contributed by atoms with Crippen molar-refractivity contribution in [3.63, 3.8) is 0 Å². The minimum Gasteiger partial charge on any atom is -0.355 e. The van der Waals surface area contributed by atoms with Crippen molar-refractivity contribution in [2.45, 2.75) is 13.0 Å². The van der Waals surface area contributed by atoms with E-state index in [4.69, 9.17) is 0 Å². The monoisotopic (exact) mass is 340 g/mol. The largest absolute Gasteiger partial charge is 0.355 e. The summed E-state index contributed by atoms with van der Waals surface area (Å²) in [6, 6.07) is 1.24. The van der Waals surface area contributed by atoms with Gasteiger partial charge in [-0.1, -0.05) is 0 Å². The number of likely N-dealkylation sites (N-methyl/N-ethyl adjacent to an activating group) is 1. The van der Waals surface area contributed by atoms with Gasteiger partial charge >= 0.3 is 0 Å². The Hall–Kier alpha value is -1.47. The predicted molar refractivity (Wildman–Crippen MR) is 78.3 cm³/mol. The van der Waals surface area contributed by atoms with Crippen LogP contribution in [-0.4, -0.2) is 53.9 Å². The summed E-state index contributed by atoms with van der Waals surface area (Å²) in [5.74, 6) is -0.299. The Morgan fingerprint density at radius 2 is 2.35 bits per heavy atom. The molecule has 0 aromatic carbocycles. The average Bonchev–Trinajstić information content (AvgIpc) is 2.47. The normalized spacial score (nSPS) is 18.7. The number of hydrogen-bond acceptors (Lipinski definition) is 4. The van der Waals surface area contributed by atoms with Gasteiger partial charge in [-0.2, -0.15) is 0 Å². The zero-order valence-corrected chi connectivity index (χ0v) is 12.8. The first-order valence-electron chi connectivity index (χ1n) is 6.53. The molecule has 1 saturated heterocycles. The summed E-state index contributed by atoms with van der Waals surface area (Å²) in [7, 11) is 0. The molecule has 1 aliphatic heterocycles. The van der Waals surface area contributed by atoms with Gasteiger partial charge in [-0.05, 0) is 28.9 Å². The second kappa shape index (κ2) is 6.81. The minimum atomic E-state index is -0.477. The topological polar surface area (TPSA) is 74.3 Å². The number of hydrogen-bond donors (Lipinski definition) is 2. The number of aromatic nitrogens is 1. The molecule has 0 aliphatic carbocycles. The molecule has 20 heavy (non-hydrogen) atoms. The fourth-order valence-electron chi connectivity index (χ4n) is 2.17. The Labute approximate surface area is 126 Å². The molecule has 1 aliphatic rings. The van der Waals surface area contributed by atoms with Gasteiger partial charge < -0.3 is 15.5 Å². The molecule has 1 fully saturated rings. The highest BCUT2D eigenvalue weighted by Gasteiger charge is 2.32. The van der Waals surface area contributed by atoms with E-state index in [1.165, 1.54) is 6.20 Å². The lowest BCUT2D eigenvalue weighted by molar-refractivity contribution is -0.126. The number of amides is 2. The number of nitrogens with zero attached hydrogens (tertiary/aromatic N) is 2. The number of pyridine rings is 1. The van der Waals surface area contributed by atoms with Crippen LogP contribution in [0.2, 0.25) is 0 Å². The second-order valence-corrected chi connectivity index (χ2v) is 5.42. The fraction of sp³-hybridized carbons (Fsp3) is 0.462. The fourth-order valence-corrected chi connectivity index (χ4v) is 2.53. The van der Waals surface area contributed by atoms with Crippen molar-refractivity contribution in [3.05, 3.63) is 28.5 Å². The molecule has 1 aromatic heterocycles. The maximum Gasteiger partial charge on any atom is 0.256 e. The molecule has 2 rings (SSSR count). The molecule has 2 heterocycles. The number of halogens is 1. The molecule has 0 bridgehead atoms. The van der Waals surface area contributed by atoms with E-state index in [-0.39, 0.29) is 11.8 Å². The molecule has 1 atom stereocenters. The van der Waals surface area contributed by atoms with Crippen molar-refractivity contribution in [1.82, 2.24) is 20.5 Å². The van der Waals surface area contributed by atoms with Crippen molar-refractivity contribution in [2.75, 3.05) is 26.2 Å². The predicted octanol–water partition coefficient (Wildman–Crippen LogP) is 0.394. The van der Waals surface area contributed by atoms with E-state index in [0.29, 0.717) is 31.7 Å². The quantitative estimate of drug-likeness (QED) is 0.834. The first-order valence-corrected chi connectivity index (χ1v) is 7.32. The first kappa shape index (κ1) is 14.9. The molecular weight excluding hydrogens is 324 g/mol. The van der Waals surface area contributed by atoms with Crippen LogP contribution in [0.5, 0.6) is 0 Å². The molecule has 0 saturated carbocycles. The lowest BCUT2D eigenvalue weighted by Gasteiger charge is -2.35. The molecule has 2 N–H and O–H groups in total. The lowest BCUT2D eigenvalue weighted by atomic mass is 10.1. The Morgan fingerprint density at radius 1 is 1.55 bits per heavy atom. The van der Waals surface area contributed by atoms with Gasteiger partial charge in [-0.15, -0.1) is 0 Å². The third-order valence-electron chi connectivity index (χ3n) is 3.11. The van der Waals surface area contributed by atoms with Gasteiger partial charge in [0.25, 0.3) is 5.91 Å². The Bertz CT molecular complexity index is 509. The average molecular weight is 341 g/mol. The molecule has 7 heteroatoms. The lowest BCUT2D eigenvalue weighted by Crippen LogP contribution is -2.59. The van der Waals surface area contributed by atoms with Crippen molar-refractivity contribution in [3.8, 4) is 0 Å². The van der Waals surface area contributed by atoms with Crippen LogP contribution in [0.4, 0.5) is 0 Å². The maximum atomic E-state index is 12.5. The summed E-state index contributed by atoms with van der Waals surface area (Å²) in [5.41, 5.74) is 0.482. The molecule has 0 radical (unpaired) electrons. The molecule has 2 amide bonds. The highest BCUT2D eigenvalue weighted by molar-refractivity contribution is 9.10. The Balaban J connectivity index is 2.19. The van der Waals surface area contributed by atoms with Gasteiger partial charge in [0, 0.05) is 43.0 Å². The first-order chi connectivity index (χ1) is 9.63. The Kier molecular flexibility index (Phi) is 5.08. The van der Waals surface area contributed by atoms with Gasteiger partial charge in [0.15, 0.2) is 0 Å². The highest BCUT2D eigenvalue weighted by atomic mass is 79.9. The zero-order chi connectivity index (χ0) is 14.5. The molecular formula is C13H17BrN4O2. The van der Waals surface area contributed by atoms with E-state index in [1.807, 2.05) is 6.92 Å². The summed E-state index contributed by atoms with van der Waals surface area (Å²) < 4.78 is 0.744. The Morgan fingerprint density at radius 3 is 3.05 bits per heavy atom. The third kappa shape index (κ3) is 3.34. The van der Waals surface area contributed by atoms with Gasteiger partial charge in [0.1, 0.15) is 6.04 Å². The van der Waals surface area contributed by atoms with Crippen LogP contribution in [0.1, 0.15) is 17.3 Å². The minimum absolute atomic E-state index is 0.129. The maximum absolute atomic E-state index is 12.5. The standard InChI is InChI=1S/C13H17BrN4O2/c1-2-17-12(19)11-8-15-3-4-18(11)13(20)9-5-10(14)7-16-6-9/h5-7,11,15H,2-4,8H2,1H3,(H,17,19). The third-order valence-corrected chi connectivity index (χ3v) is 3.54. The second-order valence-electron chi connectivity index (χ2n) is 4.50. The van der Waals surface area contributed by atoms with Crippen LogP contribution in [0.3, 0.4) is 0 Å². The van der Waals surface area contributed by atoms with E-state index in [2.05, 4.69) is 31.5 Å². The van der Waals surface area contributed by atoms with Crippen LogP contribution >= 0.6 is 15.9 Å². The summed E-state index contributed by atoms with van der Waals surface area (Å²) in [5, 5.41) is 5.91. The van der Waals surface area contributed by atoms with Gasteiger partial charge in [-0.3, -0.25) is 14.6 Å². The van der Waals surface area contributed by atoms with Crippen LogP contribution in [0.15, 0.2) is 22.9 Å². The van der Waals surface area contributed by atoms with Gasteiger partial charge in [0.05, 0.1) is 5.56 Å². The summed E-state index contributed by atoms with van der Waals surface area (Å²) >= 11 is 3.30. The molecule has 108 valence electrons. The highest BCUT2D eigenvalue weighted by Crippen LogP contribution is 2.14. The smallest absolute Gasteiger partial charge is 0.256 e. The summed E-state index contributed by atoms with van der Waals surface area (Å²) in [4.78, 5) is 30.2. The van der Waals surface area contributed by atoms with Crippen molar-refractivity contribution in [1.29, 1.82) is 0 Å². The van der Waals surface area contributed by atoms with E-state index in [0.717, 1.165) is 4.47 Å². The molecule has 0 spiro atoms. The summed E-state index contributed by atoms with van der Waals surface area (Å²) in [6.45, 7) is 4.07. The van der Waals surface area contributed by atoms with E-state index < -0.39 is 6.04 Å². The summed E-state index contributed by atoms with van der Waals surface area (Å²) in [6.07, 6.45) is 3.14.